The molecule has 1 unspecified atom stereocenters. The summed E-state index contributed by atoms with van der Waals surface area (Å²) in [6.07, 6.45) is 2.09. The number of hydrogen-bond acceptors (Lipinski definition) is 2. The van der Waals surface area contributed by atoms with Crippen LogP contribution in [0.2, 0.25) is 0 Å². The van der Waals surface area contributed by atoms with Gasteiger partial charge in [-0.25, -0.2) is 4.79 Å². The number of hydrogen-bond donors (Lipinski definition) is 1. The average Bonchev–Trinajstić information content (AvgIpc) is 2.58. The first-order valence-corrected chi connectivity index (χ1v) is 8.81. The van der Waals surface area contributed by atoms with E-state index in [2.05, 4.69) is 52.0 Å². The SMILES string of the molecule is CC(CCc1ccc(C(C)(C)C)cc1)COc1ccc(C(=O)O)cc1. The van der Waals surface area contributed by atoms with Crippen molar-refractivity contribution in [3.63, 3.8) is 0 Å². The quantitative estimate of drug-likeness (QED) is 0.741. The summed E-state index contributed by atoms with van der Waals surface area (Å²) in [6.45, 7) is 9.49. The van der Waals surface area contributed by atoms with Crippen molar-refractivity contribution in [1.82, 2.24) is 0 Å². The molecule has 3 heteroatoms. The highest BCUT2D eigenvalue weighted by atomic mass is 16.5. The minimum absolute atomic E-state index is 0.190. The standard InChI is InChI=1S/C22H28O3/c1-16(15-25-20-13-9-18(10-14-20)21(23)24)5-6-17-7-11-19(12-8-17)22(2,3)4/h7-14,16H,5-6,15H2,1-4H3,(H,23,24). The lowest BCUT2D eigenvalue weighted by atomic mass is 9.86. The molecule has 1 atom stereocenters. The van der Waals surface area contributed by atoms with Gasteiger partial charge in [0, 0.05) is 0 Å². The lowest BCUT2D eigenvalue weighted by Crippen LogP contribution is -2.11. The van der Waals surface area contributed by atoms with Crippen molar-refractivity contribution >= 4 is 5.97 Å². The fraction of sp³-hybridized carbons (Fsp3) is 0.409. The van der Waals surface area contributed by atoms with Crippen LogP contribution in [0.4, 0.5) is 0 Å². The predicted molar refractivity (Wildman–Crippen MR) is 102 cm³/mol. The molecule has 3 nitrogen and oxygen atoms in total. The maximum absolute atomic E-state index is 10.8. The molecule has 2 aromatic rings. The maximum Gasteiger partial charge on any atom is 0.335 e. The lowest BCUT2D eigenvalue weighted by Gasteiger charge is -2.19. The van der Waals surface area contributed by atoms with Crippen LogP contribution in [0.25, 0.3) is 0 Å². The van der Waals surface area contributed by atoms with E-state index in [1.807, 2.05) is 0 Å². The van der Waals surface area contributed by atoms with Crippen LogP contribution in [-0.2, 0) is 11.8 Å². The van der Waals surface area contributed by atoms with Gasteiger partial charge in [-0.15, -0.1) is 0 Å². The summed E-state index contributed by atoms with van der Waals surface area (Å²) in [6, 6.07) is 15.4. The highest BCUT2D eigenvalue weighted by Crippen LogP contribution is 2.23. The van der Waals surface area contributed by atoms with Crippen LogP contribution in [0.15, 0.2) is 48.5 Å². The van der Waals surface area contributed by atoms with Gasteiger partial charge >= 0.3 is 5.97 Å². The van der Waals surface area contributed by atoms with Gasteiger partial charge in [-0.3, -0.25) is 0 Å². The van der Waals surface area contributed by atoms with E-state index in [4.69, 9.17) is 9.84 Å². The Morgan fingerprint density at radius 1 is 1.04 bits per heavy atom. The topological polar surface area (TPSA) is 46.5 Å². The Balaban J connectivity index is 1.78. The Bertz CT molecular complexity index is 679. The van der Waals surface area contributed by atoms with Crippen LogP contribution in [-0.4, -0.2) is 17.7 Å². The van der Waals surface area contributed by atoms with Gasteiger partial charge in [0.15, 0.2) is 0 Å². The van der Waals surface area contributed by atoms with E-state index in [0.29, 0.717) is 18.3 Å². The second kappa shape index (κ2) is 8.19. The summed E-state index contributed by atoms with van der Waals surface area (Å²) < 4.78 is 5.76. The predicted octanol–water partition coefficient (Wildman–Crippen LogP) is 5.33. The van der Waals surface area contributed by atoms with Crippen LogP contribution in [0, 0.1) is 5.92 Å². The summed E-state index contributed by atoms with van der Waals surface area (Å²) in [7, 11) is 0. The van der Waals surface area contributed by atoms with E-state index in [1.165, 1.54) is 11.1 Å². The molecule has 0 bridgehead atoms. The van der Waals surface area contributed by atoms with Gasteiger partial charge < -0.3 is 9.84 Å². The Morgan fingerprint density at radius 3 is 2.16 bits per heavy atom. The molecule has 25 heavy (non-hydrogen) atoms. The maximum atomic E-state index is 10.8. The summed E-state index contributed by atoms with van der Waals surface area (Å²) in [4.78, 5) is 10.8. The van der Waals surface area contributed by atoms with Gasteiger partial charge in [0.25, 0.3) is 0 Å². The number of carboxylic acids is 1. The number of rotatable bonds is 7. The molecule has 0 saturated heterocycles. The highest BCUT2D eigenvalue weighted by molar-refractivity contribution is 5.87. The number of aromatic carboxylic acids is 1. The molecule has 0 aliphatic heterocycles. The normalized spacial score (nSPS) is 12.6. The van der Waals surface area contributed by atoms with E-state index in [1.54, 1.807) is 24.3 Å². The zero-order chi connectivity index (χ0) is 18.4. The first kappa shape index (κ1) is 19.0. The summed E-state index contributed by atoms with van der Waals surface area (Å²) in [5.74, 6) is 0.227. The Labute approximate surface area is 150 Å². The van der Waals surface area contributed by atoms with Gasteiger partial charge in [0.05, 0.1) is 12.2 Å². The van der Waals surface area contributed by atoms with E-state index >= 15 is 0 Å². The fourth-order valence-electron chi connectivity index (χ4n) is 2.60. The van der Waals surface area contributed by atoms with Crippen molar-refractivity contribution < 1.29 is 14.6 Å². The molecule has 2 aromatic carbocycles. The molecule has 134 valence electrons. The van der Waals surface area contributed by atoms with Crippen LogP contribution in [0.5, 0.6) is 5.75 Å². The van der Waals surface area contributed by atoms with Gasteiger partial charge in [0.1, 0.15) is 5.75 Å². The molecule has 0 spiro atoms. The minimum Gasteiger partial charge on any atom is -0.493 e. The summed E-state index contributed by atoms with van der Waals surface area (Å²) in [5, 5.41) is 8.89. The van der Waals surface area contributed by atoms with E-state index in [-0.39, 0.29) is 11.0 Å². The first-order valence-electron chi connectivity index (χ1n) is 8.81. The molecular weight excluding hydrogens is 312 g/mol. The Kier molecular flexibility index (Phi) is 6.24. The van der Waals surface area contributed by atoms with Gasteiger partial charge in [-0.05, 0) is 59.6 Å². The lowest BCUT2D eigenvalue weighted by molar-refractivity contribution is 0.0697. The molecule has 0 aliphatic rings. The molecule has 0 heterocycles. The third-order valence-electron chi connectivity index (χ3n) is 4.38. The second-order valence-electron chi connectivity index (χ2n) is 7.73. The Hall–Kier alpha value is -2.29. The zero-order valence-electron chi connectivity index (χ0n) is 15.6. The number of aryl methyl sites for hydroxylation is 1. The molecule has 0 amide bonds. The van der Waals surface area contributed by atoms with E-state index < -0.39 is 5.97 Å². The molecule has 0 aromatic heterocycles. The largest absolute Gasteiger partial charge is 0.493 e. The van der Waals surface area contributed by atoms with Crippen LogP contribution >= 0.6 is 0 Å². The minimum atomic E-state index is -0.919. The average molecular weight is 340 g/mol. The van der Waals surface area contributed by atoms with Crippen molar-refractivity contribution in [1.29, 1.82) is 0 Å². The summed E-state index contributed by atoms with van der Waals surface area (Å²) in [5.41, 5.74) is 3.18. The van der Waals surface area contributed by atoms with Crippen LogP contribution in [0.3, 0.4) is 0 Å². The highest BCUT2D eigenvalue weighted by Gasteiger charge is 2.13. The third-order valence-corrected chi connectivity index (χ3v) is 4.38. The number of carbonyl (C=O) groups is 1. The van der Waals surface area contributed by atoms with Crippen LogP contribution in [0.1, 0.15) is 55.6 Å². The van der Waals surface area contributed by atoms with Crippen LogP contribution < -0.4 is 4.74 Å². The molecular formula is C22H28O3. The smallest absolute Gasteiger partial charge is 0.335 e. The van der Waals surface area contributed by atoms with Gasteiger partial charge in [0.2, 0.25) is 0 Å². The molecule has 2 rings (SSSR count). The zero-order valence-corrected chi connectivity index (χ0v) is 15.6. The number of benzene rings is 2. The monoisotopic (exact) mass is 340 g/mol. The van der Waals surface area contributed by atoms with E-state index in [9.17, 15) is 4.79 Å². The molecule has 0 fully saturated rings. The number of ether oxygens (including phenoxy) is 1. The Morgan fingerprint density at radius 2 is 1.64 bits per heavy atom. The van der Waals surface area contributed by atoms with Crippen molar-refractivity contribution in [3.05, 3.63) is 65.2 Å². The van der Waals surface area contributed by atoms with Crippen molar-refractivity contribution in [3.8, 4) is 5.75 Å². The second-order valence-corrected chi connectivity index (χ2v) is 7.73. The van der Waals surface area contributed by atoms with Gasteiger partial charge in [-0.2, -0.15) is 0 Å². The first-order chi connectivity index (χ1) is 11.8. The summed E-state index contributed by atoms with van der Waals surface area (Å²) >= 11 is 0. The van der Waals surface area contributed by atoms with Crippen molar-refractivity contribution in [2.24, 2.45) is 5.92 Å². The van der Waals surface area contributed by atoms with Gasteiger partial charge in [-0.1, -0.05) is 52.0 Å². The molecule has 0 radical (unpaired) electrons. The number of carboxylic acid groups (broad SMARTS) is 1. The van der Waals surface area contributed by atoms with E-state index in [0.717, 1.165) is 12.8 Å². The molecule has 0 saturated carbocycles. The third kappa shape index (κ3) is 5.93. The molecule has 0 aliphatic carbocycles. The molecule has 1 N–H and O–H groups in total. The van der Waals surface area contributed by atoms with Crippen molar-refractivity contribution in [2.75, 3.05) is 6.61 Å². The fourth-order valence-corrected chi connectivity index (χ4v) is 2.60. The van der Waals surface area contributed by atoms with Crippen molar-refractivity contribution in [2.45, 2.75) is 46.0 Å².